The molecule has 0 bridgehead atoms. The lowest BCUT2D eigenvalue weighted by Gasteiger charge is -2.17. The number of nitrogens with zero attached hydrogens (tertiary/aromatic N) is 2. The third-order valence-corrected chi connectivity index (χ3v) is 5.24. The van der Waals surface area contributed by atoms with Gasteiger partial charge in [-0.1, -0.05) is 0 Å². The highest BCUT2D eigenvalue weighted by atomic mass is 32.2. The summed E-state index contributed by atoms with van der Waals surface area (Å²) in [6, 6.07) is 4.44. The van der Waals surface area contributed by atoms with E-state index in [2.05, 4.69) is 14.7 Å². The third-order valence-electron chi connectivity index (χ3n) is 3.58. The average Bonchev–Trinajstić information content (AvgIpc) is 3.19. The number of halogens is 1. The van der Waals surface area contributed by atoms with Crippen LogP contribution < -0.4 is 4.72 Å². The minimum Gasteiger partial charge on any atom is -0.263 e. The van der Waals surface area contributed by atoms with Crippen molar-refractivity contribution in [2.45, 2.75) is 30.2 Å². The van der Waals surface area contributed by atoms with Crippen LogP contribution in [0.4, 0.5) is 4.39 Å². The van der Waals surface area contributed by atoms with Crippen LogP contribution in [0.15, 0.2) is 41.7 Å². The number of hydrogen-bond acceptors (Lipinski definition) is 4. The minimum absolute atomic E-state index is 0.151. The lowest BCUT2D eigenvalue weighted by molar-refractivity contribution is 0.542. The van der Waals surface area contributed by atoms with E-state index in [4.69, 9.17) is 0 Å². The van der Waals surface area contributed by atoms with Crippen molar-refractivity contribution in [3.63, 3.8) is 0 Å². The van der Waals surface area contributed by atoms with Gasteiger partial charge in [0.2, 0.25) is 10.0 Å². The Balaban J connectivity index is 1.93. The molecule has 0 saturated heterocycles. The van der Waals surface area contributed by atoms with Crippen LogP contribution in [0.2, 0.25) is 0 Å². The molecule has 21 heavy (non-hydrogen) atoms. The largest absolute Gasteiger partial charge is 0.263 e. The van der Waals surface area contributed by atoms with Crippen molar-refractivity contribution in [1.82, 2.24) is 14.7 Å². The minimum atomic E-state index is -3.69. The summed E-state index contributed by atoms with van der Waals surface area (Å²) in [5.41, 5.74) is 0.434. The van der Waals surface area contributed by atoms with Gasteiger partial charge in [0.25, 0.3) is 0 Å². The van der Waals surface area contributed by atoms with E-state index in [1.807, 2.05) is 0 Å². The third kappa shape index (κ3) is 2.66. The first-order chi connectivity index (χ1) is 9.93. The van der Waals surface area contributed by atoms with Gasteiger partial charge in [-0.15, -0.1) is 0 Å². The summed E-state index contributed by atoms with van der Waals surface area (Å²) in [6.45, 7) is 1.71. The maximum Gasteiger partial charge on any atom is 0.243 e. The highest BCUT2D eigenvalue weighted by molar-refractivity contribution is 7.89. The molecule has 0 atom stereocenters. The van der Waals surface area contributed by atoms with Gasteiger partial charge in [-0.25, -0.2) is 12.8 Å². The summed E-state index contributed by atoms with van der Waals surface area (Å²) in [5.74, 6) is -0.444. The van der Waals surface area contributed by atoms with Gasteiger partial charge in [0.1, 0.15) is 10.7 Å². The Morgan fingerprint density at radius 3 is 2.57 bits per heavy atom. The summed E-state index contributed by atoms with van der Waals surface area (Å²) >= 11 is 0. The zero-order valence-corrected chi connectivity index (χ0v) is 12.2. The number of rotatable bonds is 4. The number of aromatic nitrogens is 2. The summed E-state index contributed by atoms with van der Waals surface area (Å²) in [7, 11) is -3.69. The van der Waals surface area contributed by atoms with Crippen LogP contribution in [0.25, 0.3) is 0 Å². The molecule has 0 spiro atoms. The van der Waals surface area contributed by atoms with Gasteiger partial charge < -0.3 is 0 Å². The maximum atomic E-state index is 12.9. The van der Waals surface area contributed by atoms with Gasteiger partial charge in [0, 0.05) is 12.4 Å². The Hall–Kier alpha value is -1.86. The molecule has 2 aromatic rings. The Kier molecular flexibility index (Phi) is 3.26. The second kappa shape index (κ2) is 4.85. The van der Waals surface area contributed by atoms with Crippen molar-refractivity contribution in [3.05, 3.63) is 53.9 Å². The average molecular weight is 307 g/mol. The molecule has 2 heterocycles. The van der Waals surface area contributed by atoms with Crippen molar-refractivity contribution in [2.75, 3.05) is 0 Å². The second-order valence-electron chi connectivity index (χ2n) is 5.19. The van der Waals surface area contributed by atoms with Crippen molar-refractivity contribution in [3.8, 4) is 0 Å². The van der Waals surface area contributed by atoms with Crippen LogP contribution in [0.5, 0.6) is 0 Å². The molecule has 0 aliphatic heterocycles. The predicted molar refractivity (Wildman–Crippen MR) is 74.4 cm³/mol. The molecule has 2 aromatic heterocycles. The Labute approximate surface area is 122 Å². The molecule has 0 radical (unpaired) electrons. The molecular formula is C14H14FN3O2S. The molecule has 0 amide bonds. The maximum absolute atomic E-state index is 12.9. The summed E-state index contributed by atoms with van der Waals surface area (Å²) in [6.07, 6.45) is 5.25. The molecule has 1 aliphatic carbocycles. The zero-order chi connectivity index (χ0) is 15.1. The molecule has 1 N–H and O–H groups in total. The standard InChI is InChI=1S/C14H14FN3O2S/c1-10-4-7-16-9-12(10)21(19,20)18-14(5-6-14)13-3-2-11(15)8-17-13/h2-4,7-9,18H,5-6H2,1H3. The Bertz CT molecular complexity index is 771. The number of sulfonamides is 1. The van der Waals surface area contributed by atoms with Crippen LogP contribution in [-0.4, -0.2) is 18.4 Å². The van der Waals surface area contributed by atoms with E-state index in [0.717, 1.165) is 6.20 Å². The van der Waals surface area contributed by atoms with Gasteiger partial charge in [-0.2, -0.15) is 4.72 Å². The van der Waals surface area contributed by atoms with Gasteiger partial charge in [-0.05, 0) is 43.5 Å². The molecule has 1 saturated carbocycles. The predicted octanol–water partition coefficient (Wildman–Crippen LogP) is 1.89. The highest BCUT2D eigenvalue weighted by Gasteiger charge is 2.49. The van der Waals surface area contributed by atoms with E-state index >= 15 is 0 Å². The van der Waals surface area contributed by atoms with Crippen LogP contribution in [0, 0.1) is 12.7 Å². The number of nitrogens with one attached hydrogen (secondary N) is 1. The summed E-state index contributed by atoms with van der Waals surface area (Å²) in [4.78, 5) is 8.01. The van der Waals surface area contributed by atoms with Gasteiger partial charge in [0.15, 0.2) is 0 Å². The molecule has 0 aromatic carbocycles. The SMILES string of the molecule is Cc1ccncc1S(=O)(=O)NC1(c2ccc(F)cn2)CC1. The topological polar surface area (TPSA) is 72.0 Å². The van der Waals surface area contributed by atoms with Crippen molar-refractivity contribution < 1.29 is 12.8 Å². The normalized spacial score (nSPS) is 16.7. The molecular weight excluding hydrogens is 293 g/mol. The van der Waals surface area contributed by atoms with E-state index in [1.54, 1.807) is 19.2 Å². The number of aryl methyl sites for hydroxylation is 1. The van der Waals surface area contributed by atoms with E-state index in [1.165, 1.54) is 18.3 Å². The van der Waals surface area contributed by atoms with Gasteiger partial charge >= 0.3 is 0 Å². The Morgan fingerprint density at radius 1 is 1.24 bits per heavy atom. The zero-order valence-electron chi connectivity index (χ0n) is 11.4. The van der Waals surface area contributed by atoms with Crippen molar-refractivity contribution in [1.29, 1.82) is 0 Å². The van der Waals surface area contributed by atoms with Crippen molar-refractivity contribution in [2.24, 2.45) is 0 Å². The smallest absolute Gasteiger partial charge is 0.243 e. The number of pyridine rings is 2. The summed E-state index contributed by atoms with van der Waals surface area (Å²) in [5, 5.41) is 0. The van der Waals surface area contributed by atoms with Crippen LogP contribution in [0.1, 0.15) is 24.1 Å². The summed E-state index contributed by atoms with van der Waals surface area (Å²) < 4.78 is 40.6. The van der Waals surface area contributed by atoms with E-state index in [-0.39, 0.29) is 4.90 Å². The van der Waals surface area contributed by atoms with E-state index in [9.17, 15) is 12.8 Å². The van der Waals surface area contributed by atoms with Gasteiger partial charge in [0.05, 0.1) is 17.4 Å². The lowest BCUT2D eigenvalue weighted by atomic mass is 10.2. The van der Waals surface area contributed by atoms with Crippen LogP contribution in [-0.2, 0) is 15.6 Å². The quantitative estimate of drug-likeness (QED) is 0.936. The van der Waals surface area contributed by atoms with Crippen molar-refractivity contribution >= 4 is 10.0 Å². The first kappa shape index (κ1) is 14.1. The fourth-order valence-electron chi connectivity index (χ4n) is 2.24. The lowest BCUT2D eigenvalue weighted by Crippen LogP contribution is -2.35. The van der Waals surface area contributed by atoms with E-state index in [0.29, 0.717) is 24.1 Å². The first-order valence-electron chi connectivity index (χ1n) is 6.50. The molecule has 0 unspecified atom stereocenters. The van der Waals surface area contributed by atoms with Gasteiger partial charge in [-0.3, -0.25) is 9.97 Å². The molecule has 7 heteroatoms. The fourth-order valence-corrected chi connectivity index (χ4v) is 3.86. The Morgan fingerprint density at radius 2 is 2.00 bits per heavy atom. The monoisotopic (exact) mass is 307 g/mol. The molecule has 1 fully saturated rings. The fraction of sp³-hybridized carbons (Fsp3) is 0.286. The molecule has 110 valence electrons. The number of hydrogen-bond donors (Lipinski definition) is 1. The highest BCUT2D eigenvalue weighted by Crippen LogP contribution is 2.45. The van der Waals surface area contributed by atoms with E-state index < -0.39 is 21.4 Å². The second-order valence-corrected chi connectivity index (χ2v) is 6.84. The van der Waals surface area contributed by atoms with Crippen LogP contribution in [0.3, 0.4) is 0 Å². The first-order valence-corrected chi connectivity index (χ1v) is 7.98. The molecule has 1 aliphatic rings. The molecule has 3 rings (SSSR count). The van der Waals surface area contributed by atoms with Crippen LogP contribution >= 0.6 is 0 Å². The molecule has 5 nitrogen and oxygen atoms in total.